The molecule has 0 radical (unpaired) electrons. The molecule has 0 aliphatic rings. The van der Waals surface area contributed by atoms with E-state index in [1.165, 1.54) is 5.56 Å². The fraction of sp³-hybridized carbons (Fsp3) is 0.300. The van der Waals surface area contributed by atoms with E-state index in [0.717, 1.165) is 22.4 Å². The molecule has 1 aromatic carbocycles. The number of hydrogen-bond acceptors (Lipinski definition) is 2. The molecular formula is C10H12BrNS2. The van der Waals surface area contributed by atoms with Crippen molar-refractivity contribution in [1.29, 1.82) is 0 Å². The summed E-state index contributed by atoms with van der Waals surface area (Å²) >= 11 is 10.1. The van der Waals surface area contributed by atoms with Crippen LogP contribution >= 0.6 is 39.9 Å². The normalized spacial score (nSPS) is 10.1. The maximum absolute atomic E-state index is 5.40. The average Bonchev–Trinajstić information content (AvgIpc) is 2.15. The van der Waals surface area contributed by atoms with Crippen LogP contribution in [-0.2, 0) is 5.75 Å². The number of halogens is 1. The van der Waals surface area contributed by atoms with Gasteiger partial charge in [0.1, 0.15) is 0 Å². The minimum absolute atomic E-state index is 0.605. The Morgan fingerprint density at radius 1 is 1.36 bits per heavy atom. The van der Waals surface area contributed by atoms with Crippen LogP contribution in [0.1, 0.15) is 12.0 Å². The zero-order valence-corrected chi connectivity index (χ0v) is 10.9. The van der Waals surface area contributed by atoms with E-state index in [-0.39, 0.29) is 0 Å². The lowest BCUT2D eigenvalue weighted by atomic mass is 10.2. The van der Waals surface area contributed by atoms with E-state index in [0.29, 0.717) is 4.99 Å². The molecule has 2 N–H and O–H groups in total. The molecule has 0 aliphatic heterocycles. The molecule has 1 rings (SSSR count). The van der Waals surface area contributed by atoms with Gasteiger partial charge in [0.2, 0.25) is 0 Å². The number of thioether (sulfide) groups is 1. The molecule has 0 atom stereocenters. The van der Waals surface area contributed by atoms with Crippen LogP contribution < -0.4 is 5.73 Å². The Morgan fingerprint density at radius 3 is 2.57 bits per heavy atom. The van der Waals surface area contributed by atoms with Gasteiger partial charge in [-0.15, -0.1) is 0 Å². The second-order valence-electron chi connectivity index (χ2n) is 2.90. The molecule has 0 fully saturated rings. The largest absolute Gasteiger partial charge is 0.393 e. The van der Waals surface area contributed by atoms with Gasteiger partial charge >= 0.3 is 0 Å². The van der Waals surface area contributed by atoms with Crippen LogP contribution in [-0.4, -0.2) is 10.7 Å². The zero-order chi connectivity index (χ0) is 10.4. The molecule has 0 saturated heterocycles. The Labute approximate surface area is 103 Å². The zero-order valence-electron chi connectivity index (χ0n) is 7.70. The van der Waals surface area contributed by atoms with Gasteiger partial charge in [-0.3, -0.25) is 0 Å². The quantitative estimate of drug-likeness (QED) is 0.665. The third kappa shape index (κ3) is 4.98. The lowest BCUT2D eigenvalue weighted by Gasteiger charge is -2.01. The molecule has 0 heterocycles. The Hall–Kier alpha value is -0.0600. The summed E-state index contributed by atoms with van der Waals surface area (Å²) in [6.07, 6.45) is 0.830. The monoisotopic (exact) mass is 289 g/mol. The molecule has 0 unspecified atom stereocenters. The van der Waals surface area contributed by atoms with Crippen molar-refractivity contribution in [3.8, 4) is 0 Å². The van der Waals surface area contributed by atoms with E-state index in [4.69, 9.17) is 18.0 Å². The predicted molar refractivity (Wildman–Crippen MR) is 71.7 cm³/mol. The third-order valence-electron chi connectivity index (χ3n) is 1.67. The number of nitrogens with two attached hydrogens (primary N) is 1. The predicted octanol–water partition coefficient (Wildman–Crippen LogP) is 3.36. The molecule has 0 aliphatic carbocycles. The first-order valence-electron chi connectivity index (χ1n) is 4.29. The van der Waals surface area contributed by atoms with Gasteiger partial charge < -0.3 is 5.73 Å². The van der Waals surface area contributed by atoms with Gasteiger partial charge in [0.15, 0.2) is 0 Å². The summed E-state index contributed by atoms with van der Waals surface area (Å²) < 4.78 is 1.12. The number of benzene rings is 1. The van der Waals surface area contributed by atoms with Crippen LogP contribution in [0.25, 0.3) is 0 Å². The van der Waals surface area contributed by atoms with Gasteiger partial charge in [-0.25, -0.2) is 0 Å². The lowest BCUT2D eigenvalue weighted by Crippen LogP contribution is -2.08. The Morgan fingerprint density at radius 2 is 2.00 bits per heavy atom. The van der Waals surface area contributed by atoms with Crippen molar-refractivity contribution in [2.45, 2.75) is 12.2 Å². The summed E-state index contributed by atoms with van der Waals surface area (Å²) in [4.78, 5) is 0.605. The molecule has 0 saturated carbocycles. The van der Waals surface area contributed by atoms with Crippen LogP contribution in [0.4, 0.5) is 0 Å². The molecule has 1 aromatic rings. The average molecular weight is 290 g/mol. The van der Waals surface area contributed by atoms with E-state index in [2.05, 4.69) is 40.2 Å². The lowest BCUT2D eigenvalue weighted by molar-refractivity contribution is 1.30. The highest BCUT2D eigenvalue weighted by Gasteiger charge is 1.94. The van der Waals surface area contributed by atoms with E-state index >= 15 is 0 Å². The molecule has 1 nitrogen and oxygen atoms in total. The van der Waals surface area contributed by atoms with Crippen LogP contribution in [0, 0.1) is 0 Å². The maximum atomic E-state index is 5.40. The minimum Gasteiger partial charge on any atom is -0.393 e. The summed E-state index contributed by atoms with van der Waals surface area (Å²) in [7, 11) is 0. The van der Waals surface area contributed by atoms with Gasteiger partial charge in [0, 0.05) is 16.6 Å². The Balaban J connectivity index is 2.25. The van der Waals surface area contributed by atoms with E-state index < -0.39 is 0 Å². The Kier molecular flexibility index (Phi) is 5.52. The van der Waals surface area contributed by atoms with Gasteiger partial charge in [-0.05, 0) is 23.4 Å². The fourth-order valence-electron chi connectivity index (χ4n) is 0.943. The van der Waals surface area contributed by atoms with E-state index in [1.807, 2.05) is 11.8 Å². The van der Waals surface area contributed by atoms with Crippen molar-refractivity contribution in [2.24, 2.45) is 5.73 Å². The molecule has 76 valence electrons. The molecular weight excluding hydrogens is 278 g/mol. The number of thiocarbonyl (C=S) groups is 1. The highest BCUT2D eigenvalue weighted by molar-refractivity contribution is 9.10. The van der Waals surface area contributed by atoms with Gasteiger partial charge in [-0.1, -0.05) is 40.3 Å². The van der Waals surface area contributed by atoms with E-state index in [9.17, 15) is 0 Å². The van der Waals surface area contributed by atoms with Crippen molar-refractivity contribution < 1.29 is 0 Å². The first kappa shape index (κ1) is 12.0. The second-order valence-corrected chi connectivity index (χ2v) is 5.44. The van der Waals surface area contributed by atoms with E-state index in [1.54, 1.807) is 0 Å². The first-order valence-corrected chi connectivity index (χ1v) is 6.64. The van der Waals surface area contributed by atoms with Gasteiger partial charge in [0.25, 0.3) is 0 Å². The van der Waals surface area contributed by atoms with Crippen molar-refractivity contribution in [2.75, 3.05) is 5.75 Å². The summed E-state index contributed by atoms with van der Waals surface area (Å²) in [5.41, 5.74) is 6.74. The number of hydrogen-bond donors (Lipinski definition) is 1. The smallest absolute Gasteiger partial charge is 0.0735 e. The minimum atomic E-state index is 0.605. The van der Waals surface area contributed by atoms with Crippen molar-refractivity contribution in [3.05, 3.63) is 34.3 Å². The van der Waals surface area contributed by atoms with Crippen LogP contribution in [0.3, 0.4) is 0 Å². The molecule has 4 heteroatoms. The molecule has 0 amide bonds. The SMILES string of the molecule is NC(=S)CCSCc1ccc(Br)cc1. The van der Waals surface area contributed by atoms with Crippen molar-refractivity contribution >= 4 is 44.9 Å². The molecule has 0 aromatic heterocycles. The summed E-state index contributed by atoms with van der Waals surface area (Å²) in [6, 6.07) is 8.36. The molecule has 0 bridgehead atoms. The van der Waals surface area contributed by atoms with Crippen LogP contribution in [0.15, 0.2) is 28.7 Å². The number of rotatable bonds is 5. The Bertz CT molecular complexity index is 297. The van der Waals surface area contributed by atoms with Gasteiger partial charge in [-0.2, -0.15) is 11.8 Å². The maximum Gasteiger partial charge on any atom is 0.0735 e. The molecule has 0 spiro atoms. The molecule has 14 heavy (non-hydrogen) atoms. The van der Waals surface area contributed by atoms with Crippen molar-refractivity contribution in [1.82, 2.24) is 0 Å². The standard InChI is InChI=1S/C10H12BrNS2/c11-9-3-1-8(2-4-9)7-14-6-5-10(12)13/h1-4H,5-7H2,(H2,12,13). The van der Waals surface area contributed by atoms with Crippen LogP contribution in [0.5, 0.6) is 0 Å². The van der Waals surface area contributed by atoms with Crippen LogP contribution in [0.2, 0.25) is 0 Å². The summed E-state index contributed by atoms with van der Waals surface area (Å²) in [5, 5.41) is 0. The summed E-state index contributed by atoms with van der Waals surface area (Å²) in [5.74, 6) is 2.03. The van der Waals surface area contributed by atoms with Crippen molar-refractivity contribution in [3.63, 3.8) is 0 Å². The second kappa shape index (κ2) is 6.43. The first-order chi connectivity index (χ1) is 6.68. The topological polar surface area (TPSA) is 26.0 Å². The third-order valence-corrected chi connectivity index (χ3v) is 3.44. The highest BCUT2D eigenvalue weighted by atomic mass is 79.9. The highest BCUT2D eigenvalue weighted by Crippen LogP contribution is 2.16. The van der Waals surface area contributed by atoms with Gasteiger partial charge in [0.05, 0.1) is 4.99 Å². The fourth-order valence-corrected chi connectivity index (χ4v) is 2.38. The summed E-state index contributed by atoms with van der Waals surface area (Å²) in [6.45, 7) is 0.